The lowest BCUT2D eigenvalue weighted by molar-refractivity contribution is -0.144. The molecule has 0 saturated carbocycles. The van der Waals surface area contributed by atoms with Gasteiger partial charge in [0.25, 0.3) is 0 Å². The molecule has 122 valence electrons. The Morgan fingerprint density at radius 2 is 1.52 bits per heavy atom. The van der Waals surface area contributed by atoms with E-state index in [-0.39, 0.29) is 5.92 Å². The van der Waals surface area contributed by atoms with Crippen LogP contribution in [-0.4, -0.2) is 52.2 Å². The molecule has 0 aliphatic heterocycles. The van der Waals surface area contributed by atoms with E-state index in [1.165, 1.54) is 13.8 Å². The molecular formula is C13H25N3O5. The number of aliphatic hydroxyl groups is 1. The number of amides is 2. The van der Waals surface area contributed by atoms with Gasteiger partial charge in [-0.2, -0.15) is 0 Å². The standard InChI is InChI=1S/C13H25N3O5/c1-5-6(2)9(13(20)21)15-12(19)10(8(4)17)16-11(18)7(3)14/h6-10,17H,5,14H2,1-4H3,(H,15,19)(H,16,18)(H,20,21). The number of carboxylic acids is 1. The first-order valence-electron chi connectivity index (χ1n) is 6.88. The normalized spacial score (nSPS) is 18.0. The van der Waals surface area contributed by atoms with Gasteiger partial charge >= 0.3 is 5.97 Å². The van der Waals surface area contributed by atoms with Crippen molar-refractivity contribution >= 4 is 17.8 Å². The lowest BCUT2D eigenvalue weighted by atomic mass is 9.98. The second-order valence-corrected chi connectivity index (χ2v) is 5.23. The van der Waals surface area contributed by atoms with Gasteiger partial charge in [0.15, 0.2) is 0 Å². The molecule has 0 aliphatic carbocycles. The van der Waals surface area contributed by atoms with Gasteiger partial charge in [0, 0.05) is 0 Å². The van der Waals surface area contributed by atoms with Crippen LogP contribution in [0, 0.1) is 5.92 Å². The average molecular weight is 303 g/mol. The molecule has 0 aromatic rings. The Hall–Kier alpha value is -1.67. The van der Waals surface area contributed by atoms with Crippen molar-refractivity contribution in [2.24, 2.45) is 11.7 Å². The largest absolute Gasteiger partial charge is 0.480 e. The number of carbonyl (C=O) groups is 3. The Morgan fingerprint density at radius 3 is 1.86 bits per heavy atom. The van der Waals surface area contributed by atoms with Crippen LogP contribution in [0.25, 0.3) is 0 Å². The summed E-state index contributed by atoms with van der Waals surface area (Å²) in [6, 6.07) is -3.19. The van der Waals surface area contributed by atoms with Crippen molar-refractivity contribution in [3.05, 3.63) is 0 Å². The SMILES string of the molecule is CCC(C)C(NC(=O)C(NC(=O)C(C)N)C(C)O)C(=O)O. The van der Waals surface area contributed by atoms with Crippen molar-refractivity contribution in [2.45, 2.75) is 58.3 Å². The third-order valence-electron chi connectivity index (χ3n) is 3.25. The Balaban J connectivity index is 4.97. The van der Waals surface area contributed by atoms with Crippen molar-refractivity contribution < 1.29 is 24.6 Å². The van der Waals surface area contributed by atoms with Gasteiger partial charge in [-0.3, -0.25) is 9.59 Å². The zero-order valence-corrected chi connectivity index (χ0v) is 12.8. The summed E-state index contributed by atoms with van der Waals surface area (Å²) < 4.78 is 0. The zero-order valence-electron chi connectivity index (χ0n) is 12.8. The van der Waals surface area contributed by atoms with Crippen molar-refractivity contribution in [3.63, 3.8) is 0 Å². The number of hydrogen-bond acceptors (Lipinski definition) is 5. The van der Waals surface area contributed by atoms with Crippen LogP contribution >= 0.6 is 0 Å². The Labute approximate surface area is 124 Å². The molecule has 0 heterocycles. The lowest BCUT2D eigenvalue weighted by Crippen LogP contribution is -2.58. The van der Waals surface area contributed by atoms with E-state index in [9.17, 15) is 19.5 Å². The minimum Gasteiger partial charge on any atom is -0.480 e. The highest BCUT2D eigenvalue weighted by molar-refractivity contribution is 5.92. The van der Waals surface area contributed by atoms with Crippen LogP contribution in [0.2, 0.25) is 0 Å². The minimum absolute atomic E-state index is 0.287. The van der Waals surface area contributed by atoms with E-state index in [4.69, 9.17) is 10.8 Å². The van der Waals surface area contributed by atoms with Gasteiger partial charge in [0.05, 0.1) is 12.1 Å². The third kappa shape index (κ3) is 6.09. The molecule has 0 bridgehead atoms. The Kier molecular flexibility index (Phi) is 7.90. The fourth-order valence-corrected chi connectivity index (χ4v) is 1.62. The summed E-state index contributed by atoms with van der Waals surface area (Å²) in [5.74, 6) is -2.82. The molecular weight excluding hydrogens is 278 g/mol. The quantitative estimate of drug-likeness (QED) is 0.382. The van der Waals surface area contributed by atoms with Gasteiger partial charge in [-0.1, -0.05) is 20.3 Å². The molecule has 21 heavy (non-hydrogen) atoms. The number of aliphatic hydroxyl groups excluding tert-OH is 1. The van der Waals surface area contributed by atoms with Crippen LogP contribution in [0.4, 0.5) is 0 Å². The van der Waals surface area contributed by atoms with E-state index in [0.717, 1.165) is 0 Å². The summed E-state index contributed by atoms with van der Waals surface area (Å²) in [7, 11) is 0. The molecule has 5 atom stereocenters. The summed E-state index contributed by atoms with van der Waals surface area (Å²) in [4.78, 5) is 34.8. The molecule has 0 fully saturated rings. The first-order chi connectivity index (χ1) is 9.61. The second-order valence-electron chi connectivity index (χ2n) is 5.23. The molecule has 8 heteroatoms. The predicted molar refractivity (Wildman–Crippen MR) is 76.3 cm³/mol. The number of rotatable bonds is 8. The van der Waals surface area contributed by atoms with Gasteiger partial charge in [0.2, 0.25) is 11.8 Å². The Morgan fingerprint density at radius 1 is 1.05 bits per heavy atom. The Bertz CT molecular complexity index is 384. The van der Waals surface area contributed by atoms with Crippen LogP contribution in [0.15, 0.2) is 0 Å². The van der Waals surface area contributed by atoms with Crippen LogP contribution in [0.1, 0.15) is 34.1 Å². The summed E-state index contributed by atoms with van der Waals surface area (Å²) in [5, 5.41) is 23.4. The van der Waals surface area contributed by atoms with Crippen LogP contribution < -0.4 is 16.4 Å². The van der Waals surface area contributed by atoms with Gasteiger partial charge in [-0.25, -0.2) is 4.79 Å². The van der Waals surface area contributed by atoms with Crippen LogP contribution in [0.3, 0.4) is 0 Å². The summed E-state index contributed by atoms with van der Waals surface area (Å²) >= 11 is 0. The molecule has 0 aromatic heterocycles. The molecule has 8 nitrogen and oxygen atoms in total. The number of nitrogens with two attached hydrogens (primary N) is 1. The molecule has 0 aromatic carbocycles. The van der Waals surface area contributed by atoms with Crippen LogP contribution in [-0.2, 0) is 14.4 Å². The maximum Gasteiger partial charge on any atom is 0.326 e. The van der Waals surface area contributed by atoms with Crippen LogP contribution in [0.5, 0.6) is 0 Å². The zero-order chi connectivity index (χ0) is 16.7. The molecule has 0 aliphatic rings. The summed E-state index contributed by atoms with van der Waals surface area (Å²) in [6.07, 6.45) is -0.623. The van der Waals surface area contributed by atoms with Gasteiger partial charge in [-0.15, -0.1) is 0 Å². The number of carbonyl (C=O) groups excluding carboxylic acids is 2. The molecule has 5 unspecified atom stereocenters. The lowest BCUT2D eigenvalue weighted by Gasteiger charge is -2.26. The first-order valence-corrected chi connectivity index (χ1v) is 6.88. The topological polar surface area (TPSA) is 142 Å². The molecule has 0 spiro atoms. The van der Waals surface area contributed by atoms with Crippen molar-refractivity contribution in [3.8, 4) is 0 Å². The molecule has 2 amide bonds. The van der Waals surface area contributed by atoms with E-state index in [1.54, 1.807) is 13.8 Å². The van der Waals surface area contributed by atoms with E-state index in [2.05, 4.69) is 10.6 Å². The van der Waals surface area contributed by atoms with Gasteiger partial charge < -0.3 is 26.6 Å². The second kappa shape index (κ2) is 8.58. The molecule has 0 saturated heterocycles. The number of nitrogens with one attached hydrogen (secondary N) is 2. The highest BCUT2D eigenvalue weighted by atomic mass is 16.4. The van der Waals surface area contributed by atoms with E-state index in [0.29, 0.717) is 6.42 Å². The fraction of sp³-hybridized carbons (Fsp3) is 0.769. The van der Waals surface area contributed by atoms with E-state index < -0.39 is 42.0 Å². The van der Waals surface area contributed by atoms with Crippen molar-refractivity contribution in [1.29, 1.82) is 0 Å². The molecule has 0 rings (SSSR count). The minimum atomic E-state index is -1.26. The number of carboxylic acid groups (broad SMARTS) is 1. The molecule has 0 radical (unpaired) electrons. The highest BCUT2D eigenvalue weighted by Gasteiger charge is 2.32. The maximum absolute atomic E-state index is 12.1. The smallest absolute Gasteiger partial charge is 0.326 e. The number of aliphatic carboxylic acids is 1. The summed E-state index contributed by atoms with van der Waals surface area (Å²) in [6.45, 7) is 6.25. The maximum atomic E-state index is 12.1. The number of hydrogen-bond donors (Lipinski definition) is 5. The highest BCUT2D eigenvalue weighted by Crippen LogP contribution is 2.08. The molecule has 6 N–H and O–H groups in total. The average Bonchev–Trinajstić information content (AvgIpc) is 2.39. The fourth-order valence-electron chi connectivity index (χ4n) is 1.62. The summed E-state index contributed by atoms with van der Waals surface area (Å²) in [5.41, 5.74) is 5.38. The first kappa shape index (κ1) is 19.3. The van der Waals surface area contributed by atoms with E-state index >= 15 is 0 Å². The van der Waals surface area contributed by atoms with Gasteiger partial charge in [0.1, 0.15) is 12.1 Å². The monoisotopic (exact) mass is 303 g/mol. The predicted octanol–water partition coefficient (Wildman–Crippen LogP) is -1.19. The van der Waals surface area contributed by atoms with Crippen molar-refractivity contribution in [2.75, 3.05) is 0 Å². The van der Waals surface area contributed by atoms with Crippen molar-refractivity contribution in [1.82, 2.24) is 10.6 Å². The van der Waals surface area contributed by atoms with Gasteiger partial charge in [-0.05, 0) is 19.8 Å². The third-order valence-corrected chi connectivity index (χ3v) is 3.25. The van der Waals surface area contributed by atoms with E-state index in [1.807, 2.05) is 0 Å².